The first kappa shape index (κ1) is 14.6. The van der Waals surface area contributed by atoms with Gasteiger partial charge in [0, 0.05) is 18.6 Å². The van der Waals surface area contributed by atoms with E-state index in [1.165, 1.54) is 4.52 Å². The minimum absolute atomic E-state index is 0.189. The number of esters is 1. The number of carbonyl (C=O) groups is 1. The van der Waals surface area contributed by atoms with E-state index in [4.69, 9.17) is 4.74 Å². The Balaban J connectivity index is 2.73. The molecule has 0 aliphatic heterocycles. The first-order chi connectivity index (χ1) is 10.2. The van der Waals surface area contributed by atoms with Gasteiger partial charge in [-0.25, -0.2) is 14.3 Å². The molecular weight excluding hydrogens is 268 g/mol. The molecule has 0 amide bonds. The van der Waals surface area contributed by atoms with Gasteiger partial charge in [-0.05, 0) is 26.0 Å². The zero-order chi connectivity index (χ0) is 15.2. The molecule has 0 saturated carbocycles. The number of fused-ring (bicyclic) bond motifs is 1. The highest BCUT2D eigenvalue weighted by Gasteiger charge is 2.23. The Morgan fingerprint density at radius 3 is 3.05 bits per heavy atom. The van der Waals surface area contributed by atoms with Gasteiger partial charge in [0.05, 0.1) is 17.9 Å². The third-order valence-corrected chi connectivity index (χ3v) is 2.66. The van der Waals surface area contributed by atoms with E-state index in [1.54, 1.807) is 50.7 Å². The fourth-order valence-electron chi connectivity index (χ4n) is 1.91. The molecule has 108 valence electrons. The van der Waals surface area contributed by atoms with Crippen molar-refractivity contribution in [3.05, 3.63) is 48.4 Å². The van der Waals surface area contributed by atoms with E-state index in [-0.39, 0.29) is 12.3 Å². The van der Waals surface area contributed by atoms with Gasteiger partial charge in [0.2, 0.25) is 0 Å². The summed E-state index contributed by atoms with van der Waals surface area (Å²) in [6, 6.07) is 1.73. The summed E-state index contributed by atoms with van der Waals surface area (Å²) in [5, 5.41) is 4.25. The number of nitrogens with zero attached hydrogens (tertiary/aromatic N) is 4. The molecule has 0 aliphatic carbocycles. The van der Waals surface area contributed by atoms with E-state index >= 15 is 0 Å². The fourth-order valence-corrected chi connectivity index (χ4v) is 1.91. The number of hydrogen-bond acceptors (Lipinski definition) is 5. The van der Waals surface area contributed by atoms with Gasteiger partial charge in [-0.15, -0.1) is 0 Å². The summed E-state index contributed by atoms with van der Waals surface area (Å²) in [7, 11) is 0. The summed E-state index contributed by atoms with van der Waals surface area (Å²) in [6.45, 7) is 7.48. The van der Waals surface area contributed by atoms with Gasteiger partial charge in [0.1, 0.15) is 0 Å². The lowest BCUT2D eigenvalue weighted by Crippen LogP contribution is -2.08. The first-order valence-electron chi connectivity index (χ1n) is 6.55. The number of carbonyl (C=O) groups excluding carboxylic acids is 1. The first-order valence-corrected chi connectivity index (χ1v) is 6.55. The number of aromatic nitrogens is 3. The van der Waals surface area contributed by atoms with Crippen molar-refractivity contribution in [2.45, 2.75) is 13.8 Å². The maximum atomic E-state index is 12.1. The third kappa shape index (κ3) is 2.89. The Morgan fingerprint density at radius 1 is 1.57 bits per heavy atom. The molecule has 0 N–H and O–H groups in total. The van der Waals surface area contributed by atoms with Crippen LogP contribution in [-0.4, -0.2) is 33.4 Å². The lowest BCUT2D eigenvalue weighted by molar-refractivity contribution is 0.0518. The zero-order valence-electron chi connectivity index (χ0n) is 12.0. The van der Waals surface area contributed by atoms with Crippen LogP contribution in [0, 0.1) is 0 Å². The molecule has 6 nitrogen and oxygen atoms in total. The van der Waals surface area contributed by atoms with Gasteiger partial charge in [0.25, 0.3) is 0 Å². The molecule has 0 aliphatic rings. The molecular formula is C15H16N4O2. The van der Waals surface area contributed by atoms with Crippen molar-refractivity contribution in [1.29, 1.82) is 0 Å². The van der Waals surface area contributed by atoms with Crippen LogP contribution in [0.1, 0.15) is 29.9 Å². The topological polar surface area (TPSA) is 68.8 Å². The summed E-state index contributed by atoms with van der Waals surface area (Å²) in [4.78, 5) is 20.7. The highest BCUT2D eigenvalue weighted by molar-refractivity contribution is 5.97. The van der Waals surface area contributed by atoms with Crippen molar-refractivity contribution < 1.29 is 9.53 Å². The molecule has 0 unspecified atom stereocenters. The minimum atomic E-state index is -0.501. The molecule has 6 heteroatoms. The monoisotopic (exact) mass is 284 g/mol. The molecule has 2 rings (SSSR count). The quantitative estimate of drug-likeness (QED) is 0.480. The number of aliphatic imine (C=N–C) groups is 1. The van der Waals surface area contributed by atoms with Gasteiger partial charge in [-0.2, -0.15) is 5.10 Å². The van der Waals surface area contributed by atoms with Crippen LogP contribution in [0.2, 0.25) is 0 Å². The molecule has 0 bridgehead atoms. The average molecular weight is 284 g/mol. The molecule has 0 spiro atoms. The van der Waals surface area contributed by atoms with Gasteiger partial charge >= 0.3 is 5.97 Å². The highest BCUT2D eigenvalue weighted by Crippen LogP contribution is 2.25. The third-order valence-electron chi connectivity index (χ3n) is 2.66. The summed E-state index contributed by atoms with van der Waals surface area (Å²) >= 11 is 0. The molecule has 2 aromatic heterocycles. The molecule has 0 fully saturated rings. The predicted molar refractivity (Wildman–Crippen MR) is 81.3 cm³/mol. The maximum absolute atomic E-state index is 12.1. The Labute approximate surface area is 122 Å². The van der Waals surface area contributed by atoms with Crippen LogP contribution in [0.3, 0.4) is 0 Å². The van der Waals surface area contributed by atoms with Crippen molar-refractivity contribution in [2.75, 3.05) is 6.61 Å². The van der Waals surface area contributed by atoms with E-state index in [9.17, 15) is 4.79 Å². The minimum Gasteiger partial charge on any atom is -0.461 e. The number of allylic oxidation sites excluding steroid dienone is 2. The van der Waals surface area contributed by atoms with Crippen molar-refractivity contribution >= 4 is 23.5 Å². The van der Waals surface area contributed by atoms with Crippen LogP contribution in [0.15, 0.2) is 42.2 Å². The summed E-state index contributed by atoms with van der Waals surface area (Å²) in [6.07, 6.45) is 8.29. The Morgan fingerprint density at radius 2 is 2.38 bits per heavy atom. The Kier molecular flexibility index (Phi) is 4.61. The molecule has 0 aromatic carbocycles. The summed E-state index contributed by atoms with van der Waals surface area (Å²) in [5.74, 6) is -0.501. The van der Waals surface area contributed by atoms with Crippen LogP contribution in [-0.2, 0) is 4.74 Å². The van der Waals surface area contributed by atoms with Crippen LogP contribution in [0.4, 0.5) is 0 Å². The molecule has 0 atom stereocenters. The molecule has 2 aromatic rings. The maximum Gasteiger partial charge on any atom is 0.359 e. The predicted octanol–water partition coefficient (Wildman–Crippen LogP) is 2.52. The molecule has 2 heterocycles. The molecule has 0 radical (unpaired) electrons. The second kappa shape index (κ2) is 6.60. The van der Waals surface area contributed by atoms with Crippen molar-refractivity contribution in [3.63, 3.8) is 0 Å². The summed E-state index contributed by atoms with van der Waals surface area (Å²) < 4.78 is 6.59. The standard InChI is InChI=1S/C15H16N4O2/c1-4-8-11(16-5-2)12-13(15(20)21-6-3)18-19-10-7-9-17-14(12)19/h4-5,7-10H,1,6H2,2-3H3/b11-8-,16-5?. The lowest BCUT2D eigenvalue weighted by atomic mass is 10.1. The van der Waals surface area contributed by atoms with E-state index in [0.29, 0.717) is 16.9 Å². The van der Waals surface area contributed by atoms with Crippen molar-refractivity contribution in [3.8, 4) is 0 Å². The highest BCUT2D eigenvalue weighted by atomic mass is 16.5. The fraction of sp³-hybridized carbons (Fsp3) is 0.200. The molecule has 21 heavy (non-hydrogen) atoms. The SMILES string of the molecule is C=C/C=C(\N=CC)c1c(C(=O)OCC)nn2cccnc12. The smallest absolute Gasteiger partial charge is 0.359 e. The number of rotatable bonds is 5. The average Bonchev–Trinajstić information content (AvgIpc) is 2.86. The van der Waals surface area contributed by atoms with E-state index in [0.717, 1.165) is 0 Å². The number of ether oxygens (including phenoxy) is 1. The van der Waals surface area contributed by atoms with Crippen molar-refractivity contribution in [1.82, 2.24) is 14.6 Å². The van der Waals surface area contributed by atoms with Crippen LogP contribution in [0.25, 0.3) is 11.3 Å². The Hall–Kier alpha value is -2.76. The van der Waals surface area contributed by atoms with E-state index in [1.807, 2.05) is 0 Å². The van der Waals surface area contributed by atoms with E-state index in [2.05, 4.69) is 21.7 Å². The van der Waals surface area contributed by atoms with Gasteiger partial charge in [0.15, 0.2) is 11.3 Å². The zero-order valence-corrected chi connectivity index (χ0v) is 12.0. The van der Waals surface area contributed by atoms with Gasteiger partial charge in [-0.3, -0.25) is 4.99 Å². The van der Waals surface area contributed by atoms with E-state index < -0.39 is 5.97 Å². The van der Waals surface area contributed by atoms with Crippen LogP contribution in [0.5, 0.6) is 0 Å². The second-order valence-corrected chi connectivity index (χ2v) is 4.01. The lowest BCUT2D eigenvalue weighted by Gasteiger charge is -2.02. The van der Waals surface area contributed by atoms with Gasteiger partial charge in [-0.1, -0.05) is 12.7 Å². The van der Waals surface area contributed by atoms with Crippen LogP contribution < -0.4 is 0 Å². The van der Waals surface area contributed by atoms with Gasteiger partial charge < -0.3 is 4.74 Å². The van der Waals surface area contributed by atoms with Crippen molar-refractivity contribution in [2.24, 2.45) is 4.99 Å². The number of hydrogen-bond donors (Lipinski definition) is 0. The largest absolute Gasteiger partial charge is 0.461 e. The second-order valence-electron chi connectivity index (χ2n) is 4.01. The normalized spacial score (nSPS) is 12.0. The summed E-state index contributed by atoms with van der Waals surface area (Å²) in [5.41, 5.74) is 1.82. The van der Waals surface area contributed by atoms with Crippen LogP contribution >= 0.6 is 0 Å². The molecule has 0 saturated heterocycles. The Bertz CT molecular complexity index is 728.